The Morgan fingerprint density at radius 2 is 2.12 bits per heavy atom. The number of hydrogen-bond acceptors (Lipinski definition) is 4. The van der Waals surface area contributed by atoms with Crippen molar-refractivity contribution < 1.29 is 0 Å². The van der Waals surface area contributed by atoms with Gasteiger partial charge in [0.05, 0.1) is 11.7 Å². The Labute approximate surface area is 156 Å². The number of likely N-dealkylation sites (tertiary alicyclic amines) is 1. The van der Waals surface area contributed by atoms with Crippen LogP contribution in [0.15, 0.2) is 30.7 Å². The first-order chi connectivity index (χ1) is 12.7. The Bertz CT molecular complexity index is 674. The molecule has 0 radical (unpaired) electrons. The molecule has 2 fully saturated rings. The monoisotopic (exact) mass is 356 g/mol. The van der Waals surface area contributed by atoms with Gasteiger partial charge in [0.15, 0.2) is 0 Å². The van der Waals surface area contributed by atoms with E-state index in [9.17, 15) is 0 Å². The first kappa shape index (κ1) is 17.7. The summed E-state index contributed by atoms with van der Waals surface area (Å²) >= 11 is 0. The van der Waals surface area contributed by atoms with Gasteiger partial charge < -0.3 is 5.32 Å². The third-order valence-electron chi connectivity index (χ3n) is 6.05. The highest BCUT2D eigenvalue weighted by Crippen LogP contribution is 2.42. The molecule has 2 aliphatic rings. The van der Waals surface area contributed by atoms with Gasteiger partial charge in [0.2, 0.25) is 0 Å². The molecule has 142 valence electrons. The van der Waals surface area contributed by atoms with Crippen molar-refractivity contribution in [1.29, 1.82) is 0 Å². The molecule has 6 heteroatoms. The molecule has 6 nitrogen and oxygen atoms in total. The largest absolute Gasteiger partial charge is 0.314 e. The summed E-state index contributed by atoms with van der Waals surface area (Å²) in [7, 11) is 2.09. The zero-order valence-corrected chi connectivity index (χ0v) is 16.1. The topological polar surface area (TPSA) is 50.9 Å². The van der Waals surface area contributed by atoms with Gasteiger partial charge in [-0.05, 0) is 63.6 Å². The van der Waals surface area contributed by atoms with Crippen molar-refractivity contribution >= 4 is 0 Å². The number of aryl methyl sites for hydroxylation is 2. The van der Waals surface area contributed by atoms with E-state index in [0.29, 0.717) is 18.0 Å². The van der Waals surface area contributed by atoms with Gasteiger partial charge in [-0.3, -0.25) is 14.3 Å². The summed E-state index contributed by atoms with van der Waals surface area (Å²) < 4.78 is 4.10. The third-order valence-corrected chi connectivity index (χ3v) is 6.05. The number of nitrogens with zero attached hydrogens (tertiary/aromatic N) is 5. The molecule has 0 unspecified atom stereocenters. The summed E-state index contributed by atoms with van der Waals surface area (Å²) in [5, 5.41) is 12.6. The number of hydrogen-bond donors (Lipinski definition) is 1. The summed E-state index contributed by atoms with van der Waals surface area (Å²) in [4.78, 5) is 2.77. The lowest BCUT2D eigenvalue weighted by Crippen LogP contribution is -2.45. The van der Waals surface area contributed by atoms with Gasteiger partial charge in [-0.15, -0.1) is 0 Å². The molecular formula is C20H32N6. The Hall–Kier alpha value is -1.66. The lowest BCUT2D eigenvalue weighted by molar-refractivity contribution is 0.0764. The van der Waals surface area contributed by atoms with Gasteiger partial charge >= 0.3 is 0 Å². The fourth-order valence-electron chi connectivity index (χ4n) is 4.43. The highest BCUT2D eigenvalue weighted by molar-refractivity contribution is 5.12. The Morgan fingerprint density at radius 3 is 2.81 bits per heavy atom. The molecule has 3 atom stereocenters. The molecule has 1 saturated carbocycles. The average molecular weight is 357 g/mol. The van der Waals surface area contributed by atoms with Crippen LogP contribution in [0.3, 0.4) is 0 Å². The number of piperidine rings is 1. The van der Waals surface area contributed by atoms with Gasteiger partial charge in [0.1, 0.15) is 0 Å². The molecule has 26 heavy (non-hydrogen) atoms. The minimum atomic E-state index is 0.502. The predicted octanol–water partition coefficient (Wildman–Crippen LogP) is 2.60. The summed E-state index contributed by atoms with van der Waals surface area (Å²) in [5.41, 5.74) is 1.38. The Balaban J connectivity index is 1.37. The fraction of sp³-hybridized carbons (Fsp3) is 0.700. The maximum absolute atomic E-state index is 4.45. The van der Waals surface area contributed by atoms with E-state index in [2.05, 4.69) is 45.1 Å². The van der Waals surface area contributed by atoms with Crippen LogP contribution in [-0.4, -0.2) is 49.6 Å². The van der Waals surface area contributed by atoms with Crippen LogP contribution >= 0.6 is 0 Å². The van der Waals surface area contributed by atoms with E-state index in [1.165, 1.54) is 37.9 Å². The van der Waals surface area contributed by atoms with Crippen molar-refractivity contribution in [3.63, 3.8) is 0 Å². The van der Waals surface area contributed by atoms with Gasteiger partial charge in [-0.2, -0.15) is 10.2 Å². The molecule has 1 aliphatic heterocycles. The van der Waals surface area contributed by atoms with E-state index in [1.54, 1.807) is 0 Å². The Morgan fingerprint density at radius 1 is 1.23 bits per heavy atom. The van der Waals surface area contributed by atoms with Gasteiger partial charge in [-0.25, -0.2) is 0 Å². The SMILES string of the molecule is C[C@H](CCn1cccn1)NC[C@@H]1CCCN(C2CC2)[C@H]1c1ccnn1C. The second kappa shape index (κ2) is 7.92. The minimum Gasteiger partial charge on any atom is -0.314 e. The second-order valence-corrected chi connectivity index (χ2v) is 8.06. The van der Waals surface area contributed by atoms with Gasteiger partial charge in [0.25, 0.3) is 0 Å². The van der Waals surface area contributed by atoms with E-state index in [0.717, 1.165) is 25.6 Å². The Kier molecular flexibility index (Phi) is 5.41. The number of rotatable bonds is 8. The highest BCUT2D eigenvalue weighted by Gasteiger charge is 2.41. The lowest BCUT2D eigenvalue weighted by Gasteiger charge is -2.42. The summed E-state index contributed by atoms with van der Waals surface area (Å²) in [5.74, 6) is 0.659. The highest BCUT2D eigenvalue weighted by atomic mass is 15.3. The minimum absolute atomic E-state index is 0.502. The zero-order chi connectivity index (χ0) is 17.9. The lowest BCUT2D eigenvalue weighted by atomic mass is 9.86. The number of nitrogens with one attached hydrogen (secondary N) is 1. The average Bonchev–Trinajstić information content (AvgIpc) is 3.19. The zero-order valence-electron chi connectivity index (χ0n) is 16.1. The molecule has 3 heterocycles. The number of aromatic nitrogens is 4. The van der Waals surface area contributed by atoms with Crippen molar-refractivity contribution in [2.45, 2.75) is 63.7 Å². The van der Waals surface area contributed by atoms with E-state index in [1.807, 2.05) is 29.3 Å². The molecule has 2 aromatic rings. The maximum Gasteiger partial charge on any atom is 0.0560 e. The van der Waals surface area contributed by atoms with Crippen molar-refractivity contribution in [3.8, 4) is 0 Å². The van der Waals surface area contributed by atoms with Crippen LogP contribution < -0.4 is 5.32 Å². The summed E-state index contributed by atoms with van der Waals surface area (Å²) in [6.45, 7) is 5.60. The normalized spacial score (nSPS) is 25.5. The molecule has 2 aromatic heterocycles. The van der Waals surface area contributed by atoms with Crippen LogP contribution in [0.2, 0.25) is 0 Å². The summed E-state index contributed by atoms with van der Waals surface area (Å²) in [6.07, 6.45) is 12.3. The molecule has 1 N–H and O–H groups in total. The smallest absolute Gasteiger partial charge is 0.0560 e. The molecule has 0 spiro atoms. The predicted molar refractivity (Wildman–Crippen MR) is 103 cm³/mol. The third kappa shape index (κ3) is 4.01. The molecule has 0 aromatic carbocycles. The fourth-order valence-corrected chi connectivity index (χ4v) is 4.43. The van der Waals surface area contributed by atoms with Crippen molar-refractivity contribution in [2.24, 2.45) is 13.0 Å². The van der Waals surface area contributed by atoms with Gasteiger partial charge in [0, 0.05) is 50.8 Å². The summed E-state index contributed by atoms with van der Waals surface area (Å²) in [6, 6.07) is 6.03. The quantitative estimate of drug-likeness (QED) is 0.790. The maximum atomic E-state index is 4.45. The molecule has 1 saturated heterocycles. The van der Waals surface area contributed by atoms with Gasteiger partial charge in [-0.1, -0.05) is 0 Å². The van der Waals surface area contributed by atoms with Crippen LogP contribution in [0, 0.1) is 5.92 Å². The molecule has 4 rings (SSSR count). The van der Waals surface area contributed by atoms with Crippen LogP contribution in [0.4, 0.5) is 0 Å². The van der Waals surface area contributed by atoms with E-state index < -0.39 is 0 Å². The van der Waals surface area contributed by atoms with E-state index in [-0.39, 0.29) is 0 Å². The second-order valence-electron chi connectivity index (χ2n) is 8.06. The van der Waals surface area contributed by atoms with Crippen LogP contribution in [0.25, 0.3) is 0 Å². The van der Waals surface area contributed by atoms with Crippen LogP contribution in [0.5, 0.6) is 0 Å². The first-order valence-corrected chi connectivity index (χ1v) is 10.2. The first-order valence-electron chi connectivity index (χ1n) is 10.2. The van der Waals surface area contributed by atoms with E-state index in [4.69, 9.17) is 0 Å². The molecule has 0 amide bonds. The standard InChI is InChI=1S/C20H32N6/c1-16(9-14-25-12-4-10-23-25)21-15-17-5-3-13-26(18-6-7-18)20(17)19-8-11-22-24(19)2/h4,8,10-12,16-18,20-21H,3,5-7,9,13-15H2,1-2H3/t16-,17+,20-/m1/s1. The van der Waals surface area contributed by atoms with Crippen molar-refractivity contribution in [2.75, 3.05) is 13.1 Å². The van der Waals surface area contributed by atoms with Crippen molar-refractivity contribution in [3.05, 3.63) is 36.4 Å². The molecule has 1 aliphatic carbocycles. The molecule has 0 bridgehead atoms. The van der Waals surface area contributed by atoms with Crippen LogP contribution in [-0.2, 0) is 13.6 Å². The molecular weight excluding hydrogens is 324 g/mol. The van der Waals surface area contributed by atoms with Crippen LogP contribution in [0.1, 0.15) is 50.8 Å². The van der Waals surface area contributed by atoms with Crippen molar-refractivity contribution in [1.82, 2.24) is 29.8 Å². The van der Waals surface area contributed by atoms with E-state index >= 15 is 0 Å².